The number of hydrogen-bond donors (Lipinski definition) is 1. The Morgan fingerprint density at radius 1 is 1.19 bits per heavy atom. The summed E-state index contributed by atoms with van der Waals surface area (Å²) < 4.78 is 32.8. The monoisotopic (exact) mass is 288 g/mol. The summed E-state index contributed by atoms with van der Waals surface area (Å²) in [5.74, 6) is -0.897. The first kappa shape index (κ1) is 14.8. The van der Waals surface area contributed by atoms with Crippen molar-refractivity contribution in [3.8, 4) is 11.8 Å². The van der Waals surface area contributed by atoms with Crippen molar-refractivity contribution < 1.29 is 13.5 Å². The van der Waals surface area contributed by atoms with Gasteiger partial charge < -0.3 is 10.1 Å². The van der Waals surface area contributed by atoms with Gasteiger partial charge in [-0.05, 0) is 36.8 Å². The molecule has 21 heavy (non-hydrogen) atoms. The average Bonchev–Trinajstić information content (AvgIpc) is 2.46. The molecule has 108 valence electrons. The number of methoxy groups -OCH3 is 1. The summed E-state index contributed by atoms with van der Waals surface area (Å²) in [6.07, 6.45) is 0. The number of anilines is 1. The number of nitriles is 1. The molecule has 0 aromatic heterocycles. The molecule has 0 heterocycles. The molecule has 2 aromatic rings. The summed E-state index contributed by atoms with van der Waals surface area (Å²) >= 11 is 0. The maximum atomic E-state index is 13.8. The molecule has 1 N–H and O–H groups in total. The third-order valence-corrected chi connectivity index (χ3v) is 3.08. The van der Waals surface area contributed by atoms with Crippen molar-refractivity contribution >= 4 is 5.69 Å². The van der Waals surface area contributed by atoms with Gasteiger partial charge in [0.25, 0.3) is 0 Å². The van der Waals surface area contributed by atoms with Gasteiger partial charge in [-0.25, -0.2) is 8.78 Å². The van der Waals surface area contributed by atoms with E-state index in [1.807, 2.05) is 19.1 Å². The number of ether oxygens (including phenoxy) is 1. The highest BCUT2D eigenvalue weighted by atomic mass is 19.1. The number of benzene rings is 2. The highest BCUT2D eigenvalue weighted by molar-refractivity contribution is 5.58. The van der Waals surface area contributed by atoms with Crippen LogP contribution in [0, 0.1) is 29.9 Å². The van der Waals surface area contributed by atoms with Crippen LogP contribution in [0.3, 0.4) is 0 Å². The summed E-state index contributed by atoms with van der Waals surface area (Å²) in [5, 5.41) is 11.6. The van der Waals surface area contributed by atoms with Crippen molar-refractivity contribution in [1.29, 1.82) is 5.26 Å². The molecule has 2 aromatic carbocycles. The van der Waals surface area contributed by atoms with Gasteiger partial charge in [0.1, 0.15) is 17.4 Å². The molecule has 0 bridgehead atoms. The van der Waals surface area contributed by atoms with Crippen LogP contribution in [0.15, 0.2) is 30.3 Å². The summed E-state index contributed by atoms with van der Waals surface area (Å²) in [6.45, 7) is 1.87. The first-order valence-corrected chi connectivity index (χ1v) is 6.31. The topological polar surface area (TPSA) is 45.0 Å². The first-order chi connectivity index (χ1) is 10.0. The van der Waals surface area contributed by atoms with Gasteiger partial charge in [0.05, 0.1) is 24.4 Å². The maximum absolute atomic E-state index is 13.8. The van der Waals surface area contributed by atoms with Crippen LogP contribution in [0.1, 0.15) is 16.7 Å². The fourth-order valence-electron chi connectivity index (χ4n) is 1.98. The SMILES string of the molecule is COc1ccc(C)cc1NCc1c(F)cc(C#N)cc1F. The van der Waals surface area contributed by atoms with Crippen molar-refractivity contribution in [3.63, 3.8) is 0 Å². The minimum absolute atomic E-state index is 0.0385. The molecule has 3 nitrogen and oxygen atoms in total. The van der Waals surface area contributed by atoms with Crippen molar-refractivity contribution in [3.05, 3.63) is 58.7 Å². The van der Waals surface area contributed by atoms with Gasteiger partial charge in [0.15, 0.2) is 0 Å². The van der Waals surface area contributed by atoms with Crippen LogP contribution in [-0.4, -0.2) is 7.11 Å². The van der Waals surface area contributed by atoms with E-state index in [-0.39, 0.29) is 17.7 Å². The predicted octanol–water partition coefficient (Wildman–Crippen LogP) is 3.77. The molecule has 0 radical (unpaired) electrons. The molecule has 0 atom stereocenters. The van der Waals surface area contributed by atoms with E-state index in [0.717, 1.165) is 17.7 Å². The van der Waals surface area contributed by atoms with E-state index in [0.29, 0.717) is 11.4 Å². The second kappa shape index (κ2) is 6.23. The zero-order valence-corrected chi connectivity index (χ0v) is 11.7. The molecule has 0 aliphatic carbocycles. The summed E-state index contributed by atoms with van der Waals surface area (Å²) in [7, 11) is 1.53. The Bertz CT molecular complexity index is 685. The normalized spacial score (nSPS) is 10.0. The van der Waals surface area contributed by atoms with Gasteiger partial charge in [-0.2, -0.15) is 5.26 Å². The average molecular weight is 288 g/mol. The summed E-state index contributed by atoms with van der Waals surface area (Å²) in [4.78, 5) is 0. The first-order valence-electron chi connectivity index (χ1n) is 6.31. The lowest BCUT2D eigenvalue weighted by Gasteiger charge is -2.13. The van der Waals surface area contributed by atoms with Crippen molar-refractivity contribution in [1.82, 2.24) is 0 Å². The Hall–Kier alpha value is -2.61. The van der Waals surface area contributed by atoms with Crippen LogP contribution < -0.4 is 10.1 Å². The molecule has 0 aliphatic rings. The lowest BCUT2D eigenvalue weighted by Crippen LogP contribution is -2.06. The lowest BCUT2D eigenvalue weighted by atomic mass is 10.1. The number of aryl methyl sites for hydroxylation is 1. The minimum Gasteiger partial charge on any atom is -0.495 e. The third-order valence-electron chi connectivity index (χ3n) is 3.08. The minimum atomic E-state index is -0.745. The Morgan fingerprint density at radius 3 is 2.43 bits per heavy atom. The summed E-state index contributed by atoms with van der Waals surface area (Å²) in [6, 6.07) is 9.25. The fraction of sp³-hybridized carbons (Fsp3) is 0.188. The Morgan fingerprint density at radius 2 is 1.86 bits per heavy atom. The van der Waals surface area contributed by atoms with Gasteiger partial charge in [-0.15, -0.1) is 0 Å². The maximum Gasteiger partial charge on any atom is 0.141 e. The highest BCUT2D eigenvalue weighted by Crippen LogP contribution is 2.26. The number of rotatable bonds is 4. The van der Waals surface area contributed by atoms with Gasteiger partial charge in [0.2, 0.25) is 0 Å². The number of halogens is 2. The molecule has 0 fully saturated rings. The van der Waals surface area contributed by atoms with Gasteiger partial charge >= 0.3 is 0 Å². The Kier molecular flexibility index (Phi) is 4.39. The molecule has 2 rings (SSSR count). The fourth-order valence-corrected chi connectivity index (χ4v) is 1.98. The van der Waals surface area contributed by atoms with Crippen LogP contribution in [0.4, 0.5) is 14.5 Å². The Labute approximate surface area is 121 Å². The lowest BCUT2D eigenvalue weighted by molar-refractivity contribution is 0.416. The van der Waals surface area contributed by atoms with E-state index in [4.69, 9.17) is 10.00 Å². The quantitative estimate of drug-likeness (QED) is 0.931. The van der Waals surface area contributed by atoms with Crippen LogP contribution in [0.25, 0.3) is 0 Å². The van der Waals surface area contributed by atoms with E-state index in [9.17, 15) is 8.78 Å². The number of nitrogens with zero attached hydrogens (tertiary/aromatic N) is 1. The van der Waals surface area contributed by atoms with Gasteiger partial charge in [-0.1, -0.05) is 6.07 Å². The van der Waals surface area contributed by atoms with E-state index in [2.05, 4.69) is 5.32 Å². The van der Waals surface area contributed by atoms with E-state index >= 15 is 0 Å². The van der Waals surface area contributed by atoms with E-state index < -0.39 is 11.6 Å². The van der Waals surface area contributed by atoms with E-state index in [1.165, 1.54) is 7.11 Å². The molecule has 0 amide bonds. The molecule has 0 unspecified atom stereocenters. The molecular formula is C16H14F2N2O. The van der Waals surface area contributed by atoms with Crippen molar-refractivity contribution in [2.24, 2.45) is 0 Å². The summed E-state index contributed by atoms with van der Waals surface area (Å²) in [5.41, 5.74) is 1.50. The van der Waals surface area contributed by atoms with Crippen LogP contribution >= 0.6 is 0 Å². The van der Waals surface area contributed by atoms with E-state index in [1.54, 1.807) is 12.1 Å². The standard InChI is InChI=1S/C16H14F2N2O/c1-10-3-4-16(21-2)15(5-10)20-9-12-13(17)6-11(8-19)7-14(12)18/h3-7,20H,9H2,1-2H3. The predicted molar refractivity (Wildman–Crippen MR) is 76.1 cm³/mol. The third kappa shape index (κ3) is 3.29. The van der Waals surface area contributed by atoms with Crippen LogP contribution in [-0.2, 0) is 6.54 Å². The van der Waals surface area contributed by atoms with Crippen molar-refractivity contribution in [2.45, 2.75) is 13.5 Å². The van der Waals surface area contributed by atoms with Crippen LogP contribution in [0.5, 0.6) is 5.75 Å². The zero-order valence-electron chi connectivity index (χ0n) is 11.7. The molecule has 0 aliphatic heterocycles. The highest BCUT2D eigenvalue weighted by Gasteiger charge is 2.12. The smallest absolute Gasteiger partial charge is 0.141 e. The molecule has 0 saturated carbocycles. The second-order valence-electron chi connectivity index (χ2n) is 4.59. The molecule has 5 heteroatoms. The molecular weight excluding hydrogens is 274 g/mol. The zero-order chi connectivity index (χ0) is 15.4. The van der Waals surface area contributed by atoms with Gasteiger partial charge in [-0.3, -0.25) is 0 Å². The second-order valence-corrected chi connectivity index (χ2v) is 4.59. The Balaban J connectivity index is 2.25. The molecule has 0 saturated heterocycles. The van der Waals surface area contributed by atoms with Crippen molar-refractivity contribution in [2.75, 3.05) is 12.4 Å². The van der Waals surface area contributed by atoms with Gasteiger partial charge in [0, 0.05) is 12.1 Å². The van der Waals surface area contributed by atoms with Crippen LogP contribution in [0.2, 0.25) is 0 Å². The number of nitrogens with one attached hydrogen (secondary N) is 1. The largest absolute Gasteiger partial charge is 0.495 e. The number of hydrogen-bond acceptors (Lipinski definition) is 3. The molecule has 0 spiro atoms.